The maximum atomic E-state index is 11.8. The molecule has 6 nitrogen and oxygen atoms in total. The molecule has 0 radical (unpaired) electrons. The highest BCUT2D eigenvalue weighted by atomic mass is 35.5. The number of benzene rings is 1. The zero-order valence-electron chi connectivity index (χ0n) is 13.0. The third-order valence-corrected chi connectivity index (χ3v) is 2.83. The van der Waals surface area contributed by atoms with Crippen LogP contribution in [-0.2, 0) is 14.3 Å². The van der Waals surface area contributed by atoms with Gasteiger partial charge in [-0.15, -0.1) is 0 Å². The molecule has 0 aliphatic rings. The molecule has 0 aliphatic carbocycles. The van der Waals surface area contributed by atoms with Crippen LogP contribution in [0.4, 0.5) is 10.5 Å². The number of aliphatic hydroxyl groups excluding tert-OH is 1. The minimum absolute atomic E-state index is 0.250. The number of carbonyl (C=O) groups excluding carboxylic acids is 2. The lowest BCUT2D eigenvalue weighted by Gasteiger charge is -2.21. The number of amides is 1. The largest absolute Gasteiger partial charge is 0.469 e. The van der Waals surface area contributed by atoms with Gasteiger partial charge in [0.25, 0.3) is 0 Å². The normalized spacial score (nSPS) is 12.5. The summed E-state index contributed by atoms with van der Waals surface area (Å²) in [5, 5.41) is 13.0. The van der Waals surface area contributed by atoms with Crippen LogP contribution in [0.5, 0.6) is 0 Å². The number of hydrogen-bond acceptors (Lipinski definition) is 5. The molecule has 22 heavy (non-hydrogen) atoms. The summed E-state index contributed by atoms with van der Waals surface area (Å²) in [4.78, 5) is 23.1. The number of esters is 1. The van der Waals surface area contributed by atoms with Crippen molar-refractivity contribution in [2.24, 2.45) is 0 Å². The maximum Gasteiger partial charge on any atom is 0.412 e. The van der Waals surface area contributed by atoms with Gasteiger partial charge in [-0.1, -0.05) is 11.6 Å². The molecule has 0 spiro atoms. The van der Waals surface area contributed by atoms with Gasteiger partial charge in [-0.05, 0) is 39.0 Å². The van der Waals surface area contributed by atoms with Gasteiger partial charge in [0.05, 0.1) is 19.6 Å². The first-order valence-corrected chi connectivity index (χ1v) is 7.04. The van der Waals surface area contributed by atoms with E-state index in [0.29, 0.717) is 16.3 Å². The lowest BCUT2D eigenvalue weighted by atomic mass is 10.0. The van der Waals surface area contributed by atoms with E-state index in [1.54, 1.807) is 26.8 Å². The van der Waals surface area contributed by atoms with Crippen molar-refractivity contribution < 1.29 is 24.2 Å². The number of rotatable bonds is 4. The molecule has 0 aliphatic heterocycles. The van der Waals surface area contributed by atoms with Crippen molar-refractivity contribution in [3.8, 4) is 0 Å². The topological polar surface area (TPSA) is 84.9 Å². The molecule has 0 heterocycles. The van der Waals surface area contributed by atoms with Crippen LogP contribution in [0, 0.1) is 0 Å². The van der Waals surface area contributed by atoms with Crippen LogP contribution >= 0.6 is 11.6 Å². The van der Waals surface area contributed by atoms with Crippen LogP contribution in [0.15, 0.2) is 18.2 Å². The SMILES string of the molecule is COC(=O)CC(O)c1cc(Cl)ccc1NC(=O)OC(C)(C)C. The van der Waals surface area contributed by atoms with Gasteiger partial charge in [-0.3, -0.25) is 10.1 Å². The van der Waals surface area contributed by atoms with Crippen molar-refractivity contribution in [1.82, 2.24) is 0 Å². The Hall–Kier alpha value is -1.79. The molecule has 0 saturated heterocycles. The Morgan fingerprint density at radius 1 is 1.36 bits per heavy atom. The first kappa shape index (κ1) is 18.3. The van der Waals surface area contributed by atoms with Crippen LogP contribution in [0.1, 0.15) is 38.9 Å². The van der Waals surface area contributed by atoms with Crippen molar-refractivity contribution in [1.29, 1.82) is 0 Å². The van der Waals surface area contributed by atoms with Crippen LogP contribution in [0.25, 0.3) is 0 Å². The Morgan fingerprint density at radius 3 is 2.55 bits per heavy atom. The van der Waals surface area contributed by atoms with Crippen molar-refractivity contribution in [2.75, 3.05) is 12.4 Å². The monoisotopic (exact) mass is 329 g/mol. The Balaban J connectivity index is 2.95. The fraction of sp³-hybridized carbons (Fsp3) is 0.467. The number of hydrogen-bond donors (Lipinski definition) is 2. The molecular formula is C15H20ClNO5. The lowest BCUT2D eigenvalue weighted by molar-refractivity contribution is -0.142. The van der Waals surface area contributed by atoms with Crippen molar-refractivity contribution >= 4 is 29.4 Å². The van der Waals surface area contributed by atoms with Gasteiger partial charge < -0.3 is 14.6 Å². The van der Waals surface area contributed by atoms with E-state index in [9.17, 15) is 14.7 Å². The molecule has 1 aromatic carbocycles. The highest BCUT2D eigenvalue weighted by Gasteiger charge is 2.21. The third kappa shape index (κ3) is 5.91. The van der Waals surface area contributed by atoms with E-state index in [-0.39, 0.29) is 6.42 Å². The number of aliphatic hydroxyl groups is 1. The van der Waals surface area contributed by atoms with Crippen molar-refractivity contribution in [3.05, 3.63) is 28.8 Å². The summed E-state index contributed by atoms with van der Waals surface area (Å²) in [7, 11) is 1.23. The molecule has 0 aromatic heterocycles. The molecule has 0 fully saturated rings. The van der Waals surface area contributed by atoms with Gasteiger partial charge in [-0.25, -0.2) is 4.79 Å². The van der Waals surface area contributed by atoms with E-state index in [2.05, 4.69) is 10.1 Å². The standard InChI is InChI=1S/C15H20ClNO5/c1-15(2,3)22-14(20)17-11-6-5-9(16)7-10(11)12(18)8-13(19)21-4/h5-7,12,18H,8H2,1-4H3,(H,17,20). The van der Waals surface area contributed by atoms with E-state index >= 15 is 0 Å². The Bertz CT molecular complexity index is 553. The van der Waals surface area contributed by atoms with Gasteiger partial charge >= 0.3 is 12.1 Å². The molecule has 2 N–H and O–H groups in total. The molecule has 0 bridgehead atoms. The van der Waals surface area contributed by atoms with E-state index < -0.39 is 23.8 Å². The average Bonchev–Trinajstić information content (AvgIpc) is 2.38. The minimum Gasteiger partial charge on any atom is -0.469 e. The Kier molecular flexibility index (Phi) is 6.20. The van der Waals surface area contributed by atoms with Gasteiger partial charge in [0.15, 0.2) is 0 Å². The summed E-state index contributed by atoms with van der Waals surface area (Å²) in [6.45, 7) is 5.21. The van der Waals surface area contributed by atoms with Gasteiger partial charge in [0, 0.05) is 16.3 Å². The lowest BCUT2D eigenvalue weighted by Crippen LogP contribution is -2.27. The second-order valence-electron chi connectivity index (χ2n) is 5.65. The third-order valence-electron chi connectivity index (χ3n) is 2.60. The smallest absolute Gasteiger partial charge is 0.412 e. The molecule has 1 rings (SSSR count). The number of anilines is 1. The number of nitrogens with one attached hydrogen (secondary N) is 1. The predicted molar refractivity (Wildman–Crippen MR) is 82.9 cm³/mol. The second-order valence-corrected chi connectivity index (χ2v) is 6.09. The summed E-state index contributed by atoms with van der Waals surface area (Å²) in [5.41, 5.74) is -0.0276. The molecule has 1 atom stereocenters. The second kappa shape index (κ2) is 7.47. The number of methoxy groups -OCH3 is 1. The molecule has 0 saturated carbocycles. The molecule has 1 amide bonds. The minimum atomic E-state index is -1.16. The number of ether oxygens (including phenoxy) is 2. The van der Waals surface area contributed by atoms with Gasteiger partial charge in [-0.2, -0.15) is 0 Å². The zero-order valence-corrected chi connectivity index (χ0v) is 13.7. The van der Waals surface area contributed by atoms with Gasteiger partial charge in [0.1, 0.15) is 5.60 Å². The quantitative estimate of drug-likeness (QED) is 0.828. The summed E-state index contributed by atoms with van der Waals surface area (Å²) in [6.07, 6.45) is -2.07. The van der Waals surface area contributed by atoms with E-state index in [0.717, 1.165) is 0 Å². The van der Waals surface area contributed by atoms with Crippen LogP contribution in [0.2, 0.25) is 5.02 Å². The Labute approximate surface area is 134 Å². The highest BCUT2D eigenvalue weighted by Crippen LogP contribution is 2.29. The maximum absolute atomic E-state index is 11.8. The number of carbonyl (C=O) groups is 2. The fourth-order valence-electron chi connectivity index (χ4n) is 1.69. The molecule has 122 valence electrons. The highest BCUT2D eigenvalue weighted by molar-refractivity contribution is 6.30. The predicted octanol–water partition coefficient (Wildman–Crippen LogP) is 3.28. The van der Waals surface area contributed by atoms with Crippen LogP contribution in [-0.4, -0.2) is 29.9 Å². The van der Waals surface area contributed by atoms with E-state index in [1.165, 1.54) is 19.2 Å². The average molecular weight is 330 g/mol. The summed E-state index contributed by atoms with van der Waals surface area (Å²) >= 11 is 5.90. The Morgan fingerprint density at radius 2 is 2.00 bits per heavy atom. The van der Waals surface area contributed by atoms with Crippen LogP contribution in [0.3, 0.4) is 0 Å². The van der Waals surface area contributed by atoms with Crippen LogP contribution < -0.4 is 5.32 Å². The van der Waals surface area contributed by atoms with E-state index in [1.807, 2.05) is 0 Å². The first-order valence-electron chi connectivity index (χ1n) is 6.66. The fourth-order valence-corrected chi connectivity index (χ4v) is 1.87. The molecule has 1 unspecified atom stereocenters. The summed E-state index contributed by atoms with van der Waals surface area (Å²) in [6, 6.07) is 4.56. The van der Waals surface area contributed by atoms with E-state index in [4.69, 9.17) is 16.3 Å². The summed E-state index contributed by atoms with van der Waals surface area (Å²) < 4.78 is 9.67. The molecular weight excluding hydrogens is 310 g/mol. The van der Waals surface area contributed by atoms with Gasteiger partial charge in [0.2, 0.25) is 0 Å². The molecule has 7 heteroatoms. The molecule has 1 aromatic rings. The van der Waals surface area contributed by atoms with Crippen molar-refractivity contribution in [3.63, 3.8) is 0 Å². The van der Waals surface area contributed by atoms with Crippen molar-refractivity contribution in [2.45, 2.75) is 38.9 Å². The first-order chi connectivity index (χ1) is 10.1. The number of halogens is 1. The summed E-state index contributed by atoms with van der Waals surface area (Å²) in [5.74, 6) is -0.573. The zero-order chi connectivity index (χ0) is 16.9.